The number of nitrogens with zero attached hydrogens (tertiary/aromatic N) is 2. The summed E-state index contributed by atoms with van der Waals surface area (Å²) in [5.74, 6) is 0. The fraction of sp³-hybridized carbons (Fsp3) is 0.222. The summed E-state index contributed by atoms with van der Waals surface area (Å²) >= 11 is 3.38. The van der Waals surface area contributed by atoms with Gasteiger partial charge in [0.15, 0.2) is 9.84 Å². The Balaban J connectivity index is 2.15. The molecule has 2 aromatic carbocycles. The zero-order valence-corrected chi connectivity index (χ0v) is 16.4. The van der Waals surface area contributed by atoms with Crippen molar-refractivity contribution < 1.29 is 8.42 Å². The van der Waals surface area contributed by atoms with Gasteiger partial charge in [0, 0.05) is 5.39 Å². The molecule has 1 aromatic heterocycles. The number of benzene rings is 2. The molecule has 25 heavy (non-hydrogen) atoms. The van der Waals surface area contributed by atoms with Crippen molar-refractivity contribution in [3.63, 3.8) is 0 Å². The van der Waals surface area contributed by atoms with Gasteiger partial charge in [-0.2, -0.15) is 9.78 Å². The molecule has 130 valence electrons. The van der Waals surface area contributed by atoms with Crippen LogP contribution in [0, 0.1) is 0 Å². The van der Waals surface area contributed by atoms with Gasteiger partial charge < -0.3 is 0 Å². The zero-order chi connectivity index (χ0) is 18.4. The van der Waals surface area contributed by atoms with Crippen LogP contribution in [-0.4, -0.2) is 22.9 Å². The summed E-state index contributed by atoms with van der Waals surface area (Å²) in [7, 11) is -3.45. The average molecular weight is 421 g/mol. The lowest BCUT2D eigenvalue weighted by molar-refractivity contribution is 0.560. The van der Waals surface area contributed by atoms with Crippen molar-refractivity contribution >= 4 is 36.5 Å². The van der Waals surface area contributed by atoms with Crippen LogP contribution in [0.3, 0.4) is 0 Å². The number of aromatic nitrogens is 2. The molecule has 0 radical (unpaired) electrons. The maximum Gasteiger partial charge on any atom is 0.279 e. The highest BCUT2D eigenvalue weighted by molar-refractivity contribution is 9.10. The van der Waals surface area contributed by atoms with E-state index in [0.717, 1.165) is 5.39 Å². The lowest BCUT2D eigenvalue weighted by Gasteiger charge is -2.19. The first-order valence-electron chi connectivity index (χ1n) is 7.65. The lowest BCUT2D eigenvalue weighted by Crippen LogP contribution is -2.28. The normalized spacial score (nSPS) is 12.5. The molecule has 0 aliphatic rings. The smallest absolute Gasteiger partial charge is 0.267 e. The Bertz CT molecular complexity index is 1110. The highest BCUT2D eigenvalue weighted by Crippen LogP contribution is 2.25. The third-order valence-electron chi connectivity index (χ3n) is 3.96. The molecule has 0 N–H and O–H groups in total. The molecule has 0 amide bonds. The molecule has 0 aliphatic heterocycles. The number of hydrogen-bond acceptors (Lipinski definition) is 4. The molecule has 0 spiro atoms. The third-order valence-corrected chi connectivity index (χ3v) is 7.05. The van der Waals surface area contributed by atoms with Crippen LogP contribution in [0.2, 0.25) is 0 Å². The van der Waals surface area contributed by atoms with E-state index in [1.165, 1.54) is 16.8 Å². The van der Waals surface area contributed by atoms with Crippen molar-refractivity contribution in [2.45, 2.75) is 30.4 Å². The van der Waals surface area contributed by atoms with Crippen molar-refractivity contribution in [1.82, 2.24) is 9.78 Å². The van der Waals surface area contributed by atoms with E-state index in [-0.39, 0.29) is 10.5 Å². The van der Waals surface area contributed by atoms with Gasteiger partial charge in [0.1, 0.15) is 4.60 Å². The minimum Gasteiger partial charge on any atom is -0.267 e. The van der Waals surface area contributed by atoms with Gasteiger partial charge in [0.2, 0.25) is 0 Å². The van der Waals surface area contributed by atoms with Gasteiger partial charge in [0.25, 0.3) is 5.56 Å². The van der Waals surface area contributed by atoms with E-state index in [0.29, 0.717) is 15.7 Å². The molecule has 1 heterocycles. The van der Waals surface area contributed by atoms with E-state index >= 15 is 0 Å². The summed E-state index contributed by atoms with van der Waals surface area (Å²) in [6.07, 6.45) is 0. The van der Waals surface area contributed by atoms with Crippen LogP contribution in [-0.2, 0) is 9.84 Å². The van der Waals surface area contributed by atoms with E-state index in [1.54, 1.807) is 45.0 Å². The quantitative estimate of drug-likeness (QED) is 0.633. The van der Waals surface area contributed by atoms with Crippen molar-refractivity contribution in [1.29, 1.82) is 0 Å². The first-order valence-corrected chi connectivity index (χ1v) is 9.93. The van der Waals surface area contributed by atoms with Crippen LogP contribution in [0.25, 0.3) is 16.5 Å². The van der Waals surface area contributed by atoms with Gasteiger partial charge >= 0.3 is 0 Å². The van der Waals surface area contributed by atoms with Crippen molar-refractivity contribution in [3.8, 4) is 5.69 Å². The fourth-order valence-corrected chi connectivity index (χ4v) is 4.15. The predicted molar refractivity (Wildman–Crippen MR) is 102 cm³/mol. The molecule has 3 aromatic rings. The molecule has 3 rings (SSSR count). The highest BCUT2D eigenvalue weighted by atomic mass is 79.9. The number of halogens is 1. The Labute approximate surface area is 154 Å². The van der Waals surface area contributed by atoms with Crippen LogP contribution in [0.4, 0.5) is 0 Å². The van der Waals surface area contributed by atoms with Crippen LogP contribution >= 0.6 is 15.9 Å². The first kappa shape index (κ1) is 17.8. The van der Waals surface area contributed by atoms with Gasteiger partial charge in [0.05, 0.1) is 20.7 Å². The average Bonchev–Trinajstić information content (AvgIpc) is 2.57. The zero-order valence-electron chi connectivity index (χ0n) is 14.0. The number of fused-ring (bicyclic) bond motifs is 1. The van der Waals surface area contributed by atoms with Crippen LogP contribution in [0.15, 0.2) is 62.8 Å². The van der Waals surface area contributed by atoms with E-state index in [9.17, 15) is 13.2 Å². The number of hydrogen-bond donors (Lipinski definition) is 0. The van der Waals surface area contributed by atoms with E-state index < -0.39 is 14.6 Å². The Morgan fingerprint density at radius 2 is 1.52 bits per heavy atom. The number of rotatable bonds is 2. The molecule has 0 atom stereocenters. The summed E-state index contributed by atoms with van der Waals surface area (Å²) in [6, 6.07) is 13.4. The minimum absolute atomic E-state index is 0.219. The monoisotopic (exact) mass is 420 g/mol. The van der Waals surface area contributed by atoms with Gasteiger partial charge in [-0.05, 0) is 67.0 Å². The third kappa shape index (κ3) is 3.02. The van der Waals surface area contributed by atoms with Crippen LogP contribution in [0.1, 0.15) is 20.8 Å². The fourth-order valence-electron chi connectivity index (χ4n) is 2.45. The Hall–Kier alpha value is -1.99. The molecule has 0 aliphatic carbocycles. The van der Waals surface area contributed by atoms with Crippen LogP contribution in [0.5, 0.6) is 0 Å². The Morgan fingerprint density at radius 3 is 2.08 bits per heavy atom. The largest absolute Gasteiger partial charge is 0.279 e. The van der Waals surface area contributed by atoms with Crippen LogP contribution < -0.4 is 5.56 Å². The molecule has 0 saturated carbocycles. The Kier molecular flexibility index (Phi) is 4.33. The van der Waals surface area contributed by atoms with E-state index in [4.69, 9.17) is 0 Å². The standard InChI is InChI=1S/C18H17BrN2O3S/c1-18(2,3)25(23,24)13-10-8-12(9-11-13)21-17(22)15-7-5-4-6-14(15)16(19)20-21/h4-11H,1-3H3. The first-order chi connectivity index (χ1) is 11.6. The number of sulfone groups is 1. The van der Waals surface area contributed by atoms with Gasteiger partial charge in [-0.25, -0.2) is 8.42 Å². The van der Waals surface area contributed by atoms with Gasteiger partial charge in [-0.1, -0.05) is 18.2 Å². The summed E-state index contributed by atoms with van der Waals surface area (Å²) in [6.45, 7) is 4.97. The van der Waals surface area contributed by atoms with Gasteiger partial charge in [-0.15, -0.1) is 0 Å². The molecule has 0 bridgehead atoms. The molecule has 7 heteroatoms. The predicted octanol–water partition coefficient (Wildman–Crippen LogP) is 3.72. The summed E-state index contributed by atoms with van der Waals surface area (Å²) in [5.41, 5.74) is 0.245. The molecule has 5 nitrogen and oxygen atoms in total. The van der Waals surface area contributed by atoms with Gasteiger partial charge in [-0.3, -0.25) is 4.79 Å². The van der Waals surface area contributed by atoms with E-state index in [2.05, 4.69) is 21.0 Å². The molecule has 0 saturated heterocycles. The molecule has 0 fully saturated rings. The second kappa shape index (κ2) is 6.07. The second-order valence-corrected chi connectivity index (χ2v) is 10.1. The maximum atomic E-state index is 12.7. The highest BCUT2D eigenvalue weighted by Gasteiger charge is 2.30. The molecular weight excluding hydrogens is 404 g/mol. The topological polar surface area (TPSA) is 69.0 Å². The van der Waals surface area contributed by atoms with Crippen molar-refractivity contribution in [3.05, 3.63) is 63.5 Å². The summed E-state index contributed by atoms with van der Waals surface area (Å²) in [4.78, 5) is 12.9. The molecular formula is C18H17BrN2O3S. The van der Waals surface area contributed by atoms with Crippen molar-refractivity contribution in [2.24, 2.45) is 0 Å². The summed E-state index contributed by atoms with van der Waals surface area (Å²) < 4.78 is 25.9. The lowest BCUT2D eigenvalue weighted by atomic mass is 10.2. The Morgan fingerprint density at radius 1 is 0.960 bits per heavy atom. The minimum atomic E-state index is -3.45. The van der Waals surface area contributed by atoms with E-state index in [1.807, 2.05) is 12.1 Å². The maximum absolute atomic E-state index is 12.7. The van der Waals surface area contributed by atoms with Crippen molar-refractivity contribution in [2.75, 3.05) is 0 Å². The molecule has 0 unspecified atom stereocenters. The second-order valence-electron chi connectivity index (χ2n) is 6.66. The SMILES string of the molecule is CC(C)(C)S(=O)(=O)c1ccc(-n2nc(Br)c3ccccc3c2=O)cc1. The summed E-state index contributed by atoms with van der Waals surface area (Å²) in [5, 5.41) is 5.55.